The molecule has 4 nitrogen and oxygen atoms in total. The fraction of sp³-hybridized carbons (Fsp3) is 0.273. The quantitative estimate of drug-likeness (QED) is 0.652. The highest BCUT2D eigenvalue weighted by atomic mass is 16.4. The van der Waals surface area contributed by atoms with Crippen LogP contribution >= 0.6 is 0 Å². The third-order valence-electron chi connectivity index (χ3n) is 2.25. The molecule has 4 heteroatoms. The smallest absolute Gasteiger partial charge is 0.0718 e. The molecule has 0 saturated heterocycles. The molecule has 0 bridgehead atoms. The van der Waals surface area contributed by atoms with Gasteiger partial charge in [0.15, 0.2) is 0 Å². The highest BCUT2D eigenvalue weighted by Crippen LogP contribution is 2.22. The molecule has 0 aliphatic carbocycles. The van der Waals surface area contributed by atoms with Crippen LogP contribution in [0.25, 0.3) is 0 Å². The van der Waals surface area contributed by atoms with Crippen molar-refractivity contribution < 1.29 is 19.8 Å². The average Bonchev–Trinajstić information content (AvgIpc) is 2.18. The molecule has 0 saturated carbocycles. The molecule has 0 N–H and O–H groups in total. The Bertz CT molecular complexity index is 384. The van der Waals surface area contributed by atoms with Gasteiger partial charge in [0.25, 0.3) is 0 Å². The Balaban J connectivity index is 3.22. The summed E-state index contributed by atoms with van der Waals surface area (Å²) in [6.07, 6.45) is 0.284. The van der Waals surface area contributed by atoms with Crippen molar-refractivity contribution in [2.45, 2.75) is 19.3 Å². The maximum atomic E-state index is 10.8. The van der Waals surface area contributed by atoms with Gasteiger partial charge in [-0.2, -0.15) is 0 Å². The molecule has 1 aromatic carbocycles. The predicted molar refractivity (Wildman–Crippen MR) is 48.8 cm³/mol. The molecular weight excluding hydrogens is 196 g/mol. The highest BCUT2D eigenvalue weighted by Gasteiger charge is 2.14. The number of hydrogen-bond donors (Lipinski definition) is 0. The van der Waals surface area contributed by atoms with Crippen LogP contribution in [-0.2, 0) is 4.79 Å². The summed E-state index contributed by atoms with van der Waals surface area (Å²) >= 11 is 0. The van der Waals surface area contributed by atoms with E-state index in [1.165, 1.54) is 18.2 Å². The van der Waals surface area contributed by atoms with Gasteiger partial charge < -0.3 is 19.8 Å². The standard InChI is InChI=1S/C11H12O4/c1-2-7(10(12)13)8-5-3-4-6-9(8)11(14)15/h3-7H,2H2,1H3,(H,12,13)(H,14,15)/p-2/t7-/m1/s1. The summed E-state index contributed by atoms with van der Waals surface area (Å²) in [5.41, 5.74) is 0.147. The van der Waals surface area contributed by atoms with Gasteiger partial charge in [-0.1, -0.05) is 31.2 Å². The number of carbonyl (C=O) groups excluding carboxylic acids is 2. The molecule has 0 aromatic heterocycles. The summed E-state index contributed by atoms with van der Waals surface area (Å²) in [6.45, 7) is 1.66. The van der Waals surface area contributed by atoms with Gasteiger partial charge in [-0.25, -0.2) is 0 Å². The predicted octanol–water partition coefficient (Wildman–Crippen LogP) is -0.706. The van der Waals surface area contributed by atoms with Crippen molar-refractivity contribution in [2.75, 3.05) is 0 Å². The largest absolute Gasteiger partial charge is 0.549 e. The molecule has 0 aliphatic rings. The fourth-order valence-corrected chi connectivity index (χ4v) is 1.50. The molecule has 0 spiro atoms. The molecule has 0 radical (unpaired) electrons. The number of carbonyl (C=O) groups is 2. The lowest BCUT2D eigenvalue weighted by Gasteiger charge is -2.20. The average molecular weight is 206 g/mol. The summed E-state index contributed by atoms with van der Waals surface area (Å²) < 4.78 is 0. The Hall–Kier alpha value is -1.84. The van der Waals surface area contributed by atoms with Crippen LogP contribution in [0.5, 0.6) is 0 Å². The van der Waals surface area contributed by atoms with E-state index in [4.69, 9.17) is 0 Å². The molecule has 1 rings (SSSR count). The van der Waals surface area contributed by atoms with Crippen molar-refractivity contribution in [1.29, 1.82) is 0 Å². The number of carboxylic acid groups (broad SMARTS) is 2. The molecule has 0 amide bonds. The molecule has 0 aliphatic heterocycles. The van der Waals surface area contributed by atoms with E-state index in [1.807, 2.05) is 0 Å². The minimum Gasteiger partial charge on any atom is -0.549 e. The Morgan fingerprint density at radius 2 is 1.87 bits per heavy atom. The van der Waals surface area contributed by atoms with E-state index in [0.717, 1.165) is 0 Å². The van der Waals surface area contributed by atoms with Gasteiger partial charge in [0.05, 0.1) is 5.97 Å². The number of benzene rings is 1. The lowest BCUT2D eigenvalue weighted by molar-refractivity contribution is -0.308. The molecule has 1 aromatic rings. The molecule has 0 unspecified atom stereocenters. The summed E-state index contributed by atoms with van der Waals surface area (Å²) in [5, 5.41) is 21.5. The molecule has 1 atom stereocenters. The van der Waals surface area contributed by atoms with E-state index in [0.29, 0.717) is 0 Å². The number of aliphatic carboxylic acids is 1. The number of aromatic carboxylic acids is 1. The zero-order valence-electron chi connectivity index (χ0n) is 8.23. The second-order valence-corrected chi connectivity index (χ2v) is 3.15. The first-order valence-corrected chi connectivity index (χ1v) is 4.59. The van der Waals surface area contributed by atoms with Crippen LogP contribution in [0.3, 0.4) is 0 Å². The van der Waals surface area contributed by atoms with Gasteiger partial charge in [-0.15, -0.1) is 0 Å². The maximum Gasteiger partial charge on any atom is 0.0718 e. The summed E-state index contributed by atoms with van der Waals surface area (Å²) in [4.78, 5) is 21.5. The van der Waals surface area contributed by atoms with Crippen LogP contribution in [0.4, 0.5) is 0 Å². The molecule has 15 heavy (non-hydrogen) atoms. The molecule has 80 valence electrons. The van der Waals surface area contributed by atoms with Crippen LogP contribution in [-0.4, -0.2) is 11.9 Å². The van der Waals surface area contributed by atoms with E-state index in [1.54, 1.807) is 13.0 Å². The summed E-state index contributed by atoms with van der Waals surface area (Å²) in [7, 11) is 0. The van der Waals surface area contributed by atoms with Crippen LogP contribution < -0.4 is 10.2 Å². The Morgan fingerprint density at radius 3 is 2.33 bits per heavy atom. The van der Waals surface area contributed by atoms with Gasteiger partial charge in [-0.05, 0) is 12.0 Å². The fourth-order valence-electron chi connectivity index (χ4n) is 1.50. The first kappa shape index (κ1) is 11.2. The Morgan fingerprint density at radius 1 is 1.27 bits per heavy atom. The summed E-state index contributed by atoms with van der Waals surface area (Å²) in [6, 6.07) is 5.91. The maximum absolute atomic E-state index is 10.8. The van der Waals surface area contributed by atoms with Crippen LogP contribution in [0.1, 0.15) is 35.2 Å². The highest BCUT2D eigenvalue weighted by molar-refractivity contribution is 5.90. The summed E-state index contributed by atoms with van der Waals surface area (Å²) in [5.74, 6) is -3.55. The van der Waals surface area contributed by atoms with E-state index in [9.17, 15) is 19.8 Å². The zero-order chi connectivity index (χ0) is 11.4. The molecule has 0 heterocycles. The minimum absolute atomic E-state index is 0.0893. The first-order chi connectivity index (χ1) is 7.07. The first-order valence-electron chi connectivity index (χ1n) is 4.59. The third kappa shape index (κ3) is 2.34. The SMILES string of the molecule is CC[C@@H](C(=O)[O-])c1ccccc1C(=O)[O-]. The third-order valence-corrected chi connectivity index (χ3v) is 2.25. The van der Waals surface area contributed by atoms with Gasteiger partial charge >= 0.3 is 0 Å². The van der Waals surface area contributed by atoms with Gasteiger partial charge in [0.1, 0.15) is 0 Å². The monoisotopic (exact) mass is 206 g/mol. The topological polar surface area (TPSA) is 80.3 Å². The van der Waals surface area contributed by atoms with Gasteiger partial charge in [-0.3, -0.25) is 0 Å². The Kier molecular flexibility index (Phi) is 3.44. The van der Waals surface area contributed by atoms with Crippen molar-refractivity contribution >= 4 is 11.9 Å². The van der Waals surface area contributed by atoms with Gasteiger partial charge in [0, 0.05) is 17.5 Å². The second-order valence-electron chi connectivity index (χ2n) is 3.15. The van der Waals surface area contributed by atoms with Crippen LogP contribution in [0.2, 0.25) is 0 Å². The van der Waals surface area contributed by atoms with E-state index in [2.05, 4.69) is 0 Å². The normalized spacial score (nSPS) is 12.1. The Labute approximate surface area is 87.2 Å². The van der Waals surface area contributed by atoms with Crippen molar-refractivity contribution in [1.82, 2.24) is 0 Å². The minimum atomic E-state index is -1.37. The van der Waals surface area contributed by atoms with Crippen molar-refractivity contribution in [3.8, 4) is 0 Å². The lowest BCUT2D eigenvalue weighted by atomic mass is 9.92. The van der Waals surface area contributed by atoms with Crippen LogP contribution in [0, 0.1) is 0 Å². The number of hydrogen-bond acceptors (Lipinski definition) is 4. The molecular formula is C11H10O4-2. The molecule has 0 fully saturated rings. The number of carboxylic acids is 2. The lowest BCUT2D eigenvalue weighted by Crippen LogP contribution is -2.32. The van der Waals surface area contributed by atoms with E-state index < -0.39 is 17.9 Å². The number of rotatable bonds is 4. The van der Waals surface area contributed by atoms with Crippen molar-refractivity contribution in [2.24, 2.45) is 0 Å². The van der Waals surface area contributed by atoms with E-state index in [-0.39, 0.29) is 17.5 Å². The van der Waals surface area contributed by atoms with E-state index >= 15 is 0 Å². The van der Waals surface area contributed by atoms with Crippen molar-refractivity contribution in [3.05, 3.63) is 35.4 Å². The van der Waals surface area contributed by atoms with Gasteiger partial charge in [0.2, 0.25) is 0 Å². The second kappa shape index (κ2) is 4.59. The zero-order valence-corrected chi connectivity index (χ0v) is 8.23. The van der Waals surface area contributed by atoms with Crippen LogP contribution in [0.15, 0.2) is 24.3 Å². The van der Waals surface area contributed by atoms with Crippen molar-refractivity contribution in [3.63, 3.8) is 0 Å².